The molecule has 0 saturated heterocycles. The Balaban J connectivity index is 1.78. The summed E-state index contributed by atoms with van der Waals surface area (Å²) in [5.41, 5.74) is -1.80. The molecule has 4 rings (SSSR count). The van der Waals surface area contributed by atoms with Crippen molar-refractivity contribution in [1.82, 2.24) is 0 Å². The Morgan fingerprint density at radius 2 is 1.28 bits per heavy atom. The molecule has 4 aliphatic rings. The molecule has 10 atom stereocenters. The van der Waals surface area contributed by atoms with Gasteiger partial charge in [-0.15, -0.1) is 0 Å². The van der Waals surface area contributed by atoms with Gasteiger partial charge in [0, 0.05) is 11.3 Å². The molecule has 0 aromatic rings. The van der Waals surface area contributed by atoms with Gasteiger partial charge in [-0.3, -0.25) is 4.79 Å². The number of carbonyl (C=O) groups is 1. The van der Waals surface area contributed by atoms with Gasteiger partial charge in [-0.1, -0.05) is 13.8 Å². The van der Waals surface area contributed by atoms with Crippen molar-refractivity contribution in [2.24, 2.45) is 28.6 Å². The van der Waals surface area contributed by atoms with Gasteiger partial charge in [0.05, 0.1) is 35.1 Å². The first-order chi connectivity index (χ1) is 23.9. The van der Waals surface area contributed by atoms with Crippen LogP contribution in [0.1, 0.15) is 86.0 Å². The minimum atomic E-state index is -2.12. The predicted molar refractivity (Wildman–Crippen MR) is 238 cm³/mol. The lowest BCUT2D eigenvalue weighted by molar-refractivity contribution is -0.168. The Morgan fingerprint density at radius 1 is 0.741 bits per heavy atom. The van der Waals surface area contributed by atoms with Crippen molar-refractivity contribution in [3.05, 3.63) is 11.6 Å². The van der Waals surface area contributed by atoms with Crippen LogP contribution in [0.25, 0.3) is 0 Å². The lowest BCUT2D eigenvalue weighted by Gasteiger charge is -2.62. The van der Waals surface area contributed by atoms with Gasteiger partial charge in [0.1, 0.15) is 0 Å². The topological polar surface area (TPSA) is 83.5 Å². The van der Waals surface area contributed by atoms with Gasteiger partial charge in [-0.2, -0.15) is 0 Å². The van der Waals surface area contributed by atoms with Crippen LogP contribution in [0.3, 0.4) is 0 Å². The summed E-state index contributed by atoms with van der Waals surface area (Å²) in [7, 11) is -9.71. The Kier molecular flexibility index (Phi) is 13.1. The fourth-order valence-electron chi connectivity index (χ4n) is 11.7. The van der Waals surface area contributed by atoms with E-state index in [1.165, 1.54) is 0 Å². The number of hydrogen-bond acceptors (Lipinski definition) is 7. The van der Waals surface area contributed by atoms with Gasteiger partial charge in [0.15, 0.2) is 47.4 Å². The molecule has 0 radical (unpaired) electrons. The zero-order chi connectivity index (χ0) is 41.5. The zero-order valence-electron chi connectivity index (χ0n) is 38.6. The molecule has 0 aromatic heterocycles. The van der Waals surface area contributed by atoms with Crippen molar-refractivity contribution < 1.29 is 32.0 Å². The van der Waals surface area contributed by atoms with Gasteiger partial charge in [-0.25, -0.2) is 0 Å². The van der Waals surface area contributed by atoms with Crippen LogP contribution >= 0.6 is 0 Å². The van der Waals surface area contributed by atoms with Crippen LogP contribution in [0.4, 0.5) is 0 Å². The molecule has 4 aliphatic carbocycles. The van der Waals surface area contributed by atoms with Crippen molar-refractivity contribution in [2.45, 2.75) is 219 Å². The van der Waals surface area contributed by atoms with Crippen molar-refractivity contribution in [3.8, 4) is 0 Å². The number of rotatable bonds is 15. The maximum absolute atomic E-state index is 14.5. The summed E-state index contributed by atoms with van der Waals surface area (Å²) in [6.45, 7) is 45.5. The maximum atomic E-state index is 14.5. The second kappa shape index (κ2) is 15.1. The minimum absolute atomic E-state index is 0.0434. The van der Waals surface area contributed by atoms with Crippen LogP contribution in [0, 0.1) is 28.6 Å². The lowest BCUT2D eigenvalue weighted by atomic mass is 9.45. The van der Waals surface area contributed by atoms with E-state index in [2.05, 4.69) is 133 Å². The standard InChI is InChI=1S/C42H84O7Si5/c1-38(2,48-53(15,16)17)24-23-37(47-52(12,13)14)41(5,49-54(18,19)20)36-22-26-42(44)31-27-33(43)32-28-34(45-50(6,7)8)35(46-51(9,10)11)29-39(32,3)30(31)21-25-40(36,42)4/h27,30,32,34-37,44H,21-26,28-29H2,1-20H3. The van der Waals surface area contributed by atoms with Crippen LogP contribution < -0.4 is 0 Å². The van der Waals surface area contributed by atoms with E-state index in [1.807, 2.05) is 6.08 Å². The fraction of sp³-hybridized carbons (Fsp3) is 0.929. The van der Waals surface area contributed by atoms with E-state index < -0.39 is 58.2 Å². The Labute approximate surface area is 337 Å². The van der Waals surface area contributed by atoms with Crippen molar-refractivity contribution in [1.29, 1.82) is 0 Å². The Hall–Kier alpha value is 0.254. The summed E-state index contributed by atoms with van der Waals surface area (Å²) in [6, 6.07) is 0. The quantitative estimate of drug-likeness (QED) is 0.164. The summed E-state index contributed by atoms with van der Waals surface area (Å²) in [4.78, 5) is 14.5. The van der Waals surface area contributed by atoms with Crippen molar-refractivity contribution in [3.63, 3.8) is 0 Å². The summed E-state index contributed by atoms with van der Waals surface area (Å²) in [5, 5.41) is 13.4. The van der Waals surface area contributed by atoms with E-state index in [4.69, 9.17) is 22.1 Å². The number of aliphatic hydroxyl groups is 1. The van der Waals surface area contributed by atoms with Crippen molar-refractivity contribution >= 4 is 47.4 Å². The molecular formula is C42H84O7Si5. The lowest BCUT2D eigenvalue weighted by Crippen LogP contribution is -2.65. The smallest absolute Gasteiger partial charge is 0.184 e. The second-order valence-corrected chi connectivity index (χ2v) is 46.4. The van der Waals surface area contributed by atoms with Crippen LogP contribution in [0.15, 0.2) is 11.6 Å². The molecule has 314 valence electrons. The molecule has 0 heterocycles. The summed E-state index contributed by atoms with van der Waals surface area (Å²) >= 11 is 0. The number of ketones is 1. The highest BCUT2D eigenvalue weighted by Crippen LogP contribution is 2.69. The van der Waals surface area contributed by atoms with E-state index in [-0.39, 0.29) is 52.9 Å². The van der Waals surface area contributed by atoms with E-state index in [0.717, 1.165) is 44.1 Å². The molecule has 0 bridgehead atoms. The van der Waals surface area contributed by atoms with Gasteiger partial charge in [-0.05, 0) is 199 Å². The van der Waals surface area contributed by atoms with E-state index in [9.17, 15) is 9.90 Å². The van der Waals surface area contributed by atoms with E-state index in [1.54, 1.807) is 0 Å². The van der Waals surface area contributed by atoms with Crippen LogP contribution in [0.5, 0.6) is 0 Å². The predicted octanol–water partition coefficient (Wildman–Crippen LogP) is 11.1. The number of carbonyl (C=O) groups excluding carboxylic acids is 1. The molecule has 0 aliphatic heterocycles. The highest BCUT2D eigenvalue weighted by molar-refractivity contribution is 6.71. The van der Waals surface area contributed by atoms with Crippen LogP contribution in [-0.4, -0.2) is 87.6 Å². The highest BCUT2D eigenvalue weighted by atomic mass is 28.4. The largest absolute Gasteiger partial charge is 0.413 e. The van der Waals surface area contributed by atoms with Crippen LogP contribution in [-0.2, 0) is 26.9 Å². The first-order valence-corrected chi connectivity index (χ1v) is 38.4. The number of hydrogen-bond donors (Lipinski definition) is 1. The zero-order valence-corrected chi connectivity index (χ0v) is 43.6. The summed E-state index contributed by atoms with van der Waals surface area (Å²) in [5.74, 6) is 0.216. The van der Waals surface area contributed by atoms with Gasteiger partial charge in [0.25, 0.3) is 0 Å². The SMILES string of the molecule is CC(C)(CCC(O[Si](C)(C)C)C(C)(O[Si](C)(C)C)C1CCC2(O)C3=CC(=O)C4CC(O[Si](C)(C)C)C(O[Si](C)(C)C)CC4(C)C3CCC12C)O[Si](C)(C)C. The molecule has 1 N–H and O–H groups in total. The van der Waals surface area contributed by atoms with Gasteiger partial charge in [0.2, 0.25) is 0 Å². The average molecular weight is 842 g/mol. The molecule has 10 unspecified atom stereocenters. The molecule has 0 amide bonds. The average Bonchev–Trinajstić information content (AvgIpc) is 3.19. The molecule has 12 heteroatoms. The van der Waals surface area contributed by atoms with E-state index in [0.29, 0.717) is 12.8 Å². The molecular weight excluding hydrogens is 757 g/mol. The van der Waals surface area contributed by atoms with Gasteiger partial charge >= 0.3 is 0 Å². The first-order valence-electron chi connectivity index (χ1n) is 21.4. The molecule has 0 aromatic carbocycles. The first kappa shape index (κ1) is 46.9. The third-order valence-electron chi connectivity index (χ3n) is 13.0. The Morgan fingerprint density at radius 3 is 1.78 bits per heavy atom. The summed E-state index contributed by atoms with van der Waals surface area (Å²) in [6.07, 6.45) is 8.15. The third kappa shape index (κ3) is 10.3. The number of fused-ring (bicyclic) bond motifs is 5. The molecule has 7 nitrogen and oxygen atoms in total. The summed E-state index contributed by atoms with van der Waals surface area (Å²) < 4.78 is 35.3. The number of allylic oxidation sites excluding steroid dienone is 1. The normalized spacial score (nSPS) is 35.8. The molecule has 3 fully saturated rings. The monoisotopic (exact) mass is 841 g/mol. The third-order valence-corrected chi connectivity index (χ3v) is 18.3. The minimum Gasteiger partial charge on any atom is -0.413 e. The fourth-order valence-corrected chi connectivity index (χ4v) is 18.5. The maximum Gasteiger partial charge on any atom is 0.184 e. The molecule has 54 heavy (non-hydrogen) atoms. The highest BCUT2D eigenvalue weighted by Gasteiger charge is 2.70. The Bertz CT molecular complexity index is 1400. The van der Waals surface area contributed by atoms with Crippen molar-refractivity contribution in [2.75, 3.05) is 0 Å². The van der Waals surface area contributed by atoms with Gasteiger partial charge < -0.3 is 27.2 Å². The molecule has 0 spiro atoms. The van der Waals surface area contributed by atoms with Crippen LogP contribution in [0.2, 0.25) is 98.2 Å². The second-order valence-electron chi connectivity index (χ2n) is 24.1. The van der Waals surface area contributed by atoms with E-state index >= 15 is 0 Å². The molecule has 3 saturated carbocycles.